The SMILES string of the molecule is NC1CCc2nc(CCN3CCOCC3)cn2C1. The Morgan fingerprint density at radius 2 is 2.22 bits per heavy atom. The summed E-state index contributed by atoms with van der Waals surface area (Å²) in [7, 11) is 0. The fourth-order valence-electron chi connectivity index (χ4n) is 2.75. The number of rotatable bonds is 3. The molecule has 0 radical (unpaired) electrons. The van der Waals surface area contributed by atoms with Gasteiger partial charge in [-0.15, -0.1) is 0 Å². The number of hydrogen-bond donors (Lipinski definition) is 1. The zero-order chi connectivity index (χ0) is 12.4. The van der Waals surface area contributed by atoms with Gasteiger partial charge >= 0.3 is 0 Å². The minimum atomic E-state index is 0.304. The Hall–Kier alpha value is -0.910. The molecule has 5 nitrogen and oxygen atoms in total. The van der Waals surface area contributed by atoms with Crippen LogP contribution in [-0.2, 0) is 24.1 Å². The van der Waals surface area contributed by atoms with Crippen molar-refractivity contribution < 1.29 is 4.74 Å². The van der Waals surface area contributed by atoms with Gasteiger partial charge in [-0.2, -0.15) is 0 Å². The molecule has 3 rings (SSSR count). The largest absolute Gasteiger partial charge is 0.379 e. The van der Waals surface area contributed by atoms with E-state index in [0.717, 1.165) is 58.7 Å². The second-order valence-corrected chi connectivity index (χ2v) is 5.30. The minimum Gasteiger partial charge on any atom is -0.379 e. The van der Waals surface area contributed by atoms with Crippen molar-refractivity contribution in [2.75, 3.05) is 32.8 Å². The van der Waals surface area contributed by atoms with Gasteiger partial charge in [0, 0.05) is 51.3 Å². The van der Waals surface area contributed by atoms with Gasteiger partial charge in [0.1, 0.15) is 5.82 Å². The van der Waals surface area contributed by atoms with Crippen molar-refractivity contribution in [3.05, 3.63) is 17.7 Å². The van der Waals surface area contributed by atoms with Gasteiger partial charge in [-0.25, -0.2) is 4.98 Å². The van der Waals surface area contributed by atoms with E-state index in [-0.39, 0.29) is 0 Å². The van der Waals surface area contributed by atoms with Crippen molar-refractivity contribution in [1.29, 1.82) is 0 Å². The molecule has 100 valence electrons. The number of nitrogens with two attached hydrogens (primary N) is 1. The van der Waals surface area contributed by atoms with E-state index in [1.807, 2.05) is 0 Å². The normalized spacial score (nSPS) is 25.1. The number of aromatic nitrogens is 2. The van der Waals surface area contributed by atoms with Crippen LogP contribution in [0.3, 0.4) is 0 Å². The first kappa shape index (κ1) is 12.1. The van der Waals surface area contributed by atoms with Crippen LogP contribution in [0.5, 0.6) is 0 Å². The standard InChI is InChI=1S/C13H22N4O/c14-11-1-2-13-15-12(10-17(13)9-11)3-4-16-5-7-18-8-6-16/h10-11H,1-9,14H2. The third-order valence-electron chi connectivity index (χ3n) is 3.87. The molecule has 1 aromatic heterocycles. The van der Waals surface area contributed by atoms with Crippen LogP contribution in [0.1, 0.15) is 17.9 Å². The Morgan fingerprint density at radius 3 is 3.06 bits per heavy atom. The first-order valence-electron chi connectivity index (χ1n) is 6.92. The smallest absolute Gasteiger partial charge is 0.109 e. The fraction of sp³-hybridized carbons (Fsp3) is 0.769. The van der Waals surface area contributed by atoms with Gasteiger partial charge in [-0.3, -0.25) is 4.90 Å². The molecule has 1 aromatic rings. The third-order valence-corrected chi connectivity index (χ3v) is 3.87. The highest BCUT2D eigenvalue weighted by molar-refractivity contribution is 5.08. The van der Waals surface area contributed by atoms with Crippen LogP contribution in [-0.4, -0.2) is 53.3 Å². The molecule has 0 amide bonds. The number of morpholine rings is 1. The highest BCUT2D eigenvalue weighted by Gasteiger charge is 2.18. The molecule has 0 spiro atoms. The predicted octanol–water partition coefficient (Wildman–Crippen LogP) is 0.0313. The lowest BCUT2D eigenvalue weighted by Gasteiger charge is -2.26. The molecular formula is C13H22N4O. The summed E-state index contributed by atoms with van der Waals surface area (Å²) in [4.78, 5) is 7.17. The van der Waals surface area contributed by atoms with E-state index in [2.05, 4.69) is 15.7 Å². The molecule has 3 heterocycles. The van der Waals surface area contributed by atoms with E-state index in [1.165, 1.54) is 11.5 Å². The average Bonchev–Trinajstić information content (AvgIpc) is 2.79. The molecule has 0 saturated carbocycles. The molecule has 1 atom stereocenters. The van der Waals surface area contributed by atoms with Crippen molar-refractivity contribution in [2.24, 2.45) is 5.73 Å². The Morgan fingerprint density at radius 1 is 1.39 bits per heavy atom. The maximum absolute atomic E-state index is 5.98. The summed E-state index contributed by atoms with van der Waals surface area (Å²) >= 11 is 0. The van der Waals surface area contributed by atoms with Crippen molar-refractivity contribution >= 4 is 0 Å². The van der Waals surface area contributed by atoms with Gasteiger partial charge in [-0.05, 0) is 6.42 Å². The second kappa shape index (κ2) is 5.38. The molecule has 2 aliphatic rings. The Labute approximate surface area is 108 Å². The van der Waals surface area contributed by atoms with E-state index >= 15 is 0 Å². The second-order valence-electron chi connectivity index (χ2n) is 5.30. The summed E-state index contributed by atoms with van der Waals surface area (Å²) in [5.41, 5.74) is 7.19. The Balaban J connectivity index is 1.56. The van der Waals surface area contributed by atoms with Crippen LogP contribution in [0, 0.1) is 0 Å². The van der Waals surface area contributed by atoms with Crippen molar-refractivity contribution in [1.82, 2.24) is 14.5 Å². The maximum atomic E-state index is 5.98. The number of aryl methyl sites for hydroxylation is 1. The molecule has 0 aliphatic carbocycles. The average molecular weight is 250 g/mol. The Bertz CT molecular complexity index is 398. The molecule has 1 fully saturated rings. The van der Waals surface area contributed by atoms with E-state index in [4.69, 9.17) is 15.5 Å². The summed E-state index contributed by atoms with van der Waals surface area (Å²) in [5.74, 6) is 1.22. The molecule has 2 aliphatic heterocycles. The third kappa shape index (κ3) is 2.74. The molecular weight excluding hydrogens is 228 g/mol. The van der Waals surface area contributed by atoms with Crippen LogP contribution >= 0.6 is 0 Å². The van der Waals surface area contributed by atoms with Crippen LogP contribution in [0.4, 0.5) is 0 Å². The van der Waals surface area contributed by atoms with Crippen LogP contribution in [0.2, 0.25) is 0 Å². The summed E-state index contributed by atoms with van der Waals surface area (Å²) < 4.78 is 7.59. The zero-order valence-electron chi connectivity index (χ0n) is 10.8. The van der Waals surface area contributed by atoms with Crippen LogP contribution in [0.15, 0.2) is 6.20 Å². The molecule has 0 bridgehead atoms. The molecule has 1 unspecified atom stereocenters. The number of fused-ring (bicyclic) bond motifs is 1. The minimum absolute atomic E-state index is 0.304. The summed E-state index contributed by atoms with van der Waals surface area (Å²) in [6.45, 7) is 5.87. The van der Waals surface area contributed by atoms with E-state index in [1.54, 1.807) is 0 Å². The van der Waals surface area contributed by atoms with E-state index < -0.39 is 0 Å². The van der Waals surface area contributed by atoms with Gasteiger partial charge in [0.25, 0.3) is 0 Å². The number of nitrogens with zero attached hydrogens (tertiary/aromatic N) is 3. The van der Waals surface area contributed by atoms with Crippen molar-refractivity contribution in [3.63, 3.8) is 0 Å². The lowest BCUT2D eigenvalue weighted by atomic mass is 10.1. The molecule has 18 heavy (non-hydrogen) atoms. The van der Waals surface area contributed by atoms with Gasteiger partial charge in [0.15, 0.2) is 0 Å². The maximum Gasteiger partial charge on any atom is 0.109 e. The first-order chi connectivity index (χ1) is 8.81. The van der Waals surface area contributed by atoms with Gasteiger partial charge < -0.3 is 15.0 Å². The topological polar surface area (TPSA) is 56.3 Å². The monoisotopic (exact) mass is 250 g/mol. The lowest BCUT2D eigenvalue weighted by molar-refractivity contribution is 0.0383. The number of imidazole rings is 1. The highest BCUT2D eigenvalue weighted by atomic mass is 16.5. The van der Waals surface area contributed by atoms with Crippen LogP contribution in [0.25, 0.3) is 0 Å². The van der Waals surface area contributed by atoms with Crippen molar-refractivity contribution in [3.8, 4) is 0 Å². The molecule has 5 heteroatoms. The van der Waals surface area contributed by atoms with Crippen molar-refractivity contribution in [2.45, 2.75) is 31.8 Å². The number of ether oxygens (including phenoxy) is 1. The highest BCUT2D eigenvalue weighted by Crippen LogP contribution is 2.14. The zero-order valence-corrected chi connectivity index (χ0v) is 10.8. The quantitative estimate of drug-likeness (QED) is 0.822. The summed E-state index contributed by atoms with van der Waals surface area (Å²) in [6.07, 6.45) is 5.32. The van der Waals surface area contributed by atoms with Crippen LogP contribution < -0.4 is 5.73 Å². The van der Waals surface area contributed by atoms with Gasteiger partial charge in [0.05, 0.1) is 18.9 Å². The van der Waals surface area contributed by atoms with Gasteiger partial charge in [-0.1, -0.05) is 0 Å². The lowest BCUT2D eigenvalue weighted by Crippen LogP contribution is -2.37. The van der Waals surface area contributed by atoms with E-state index in [0.29, 0.717) is 6.04 Å². The fourth-order valence-corrected chi connectivity index (χ4v) is 2.75. The molecule has 1 saturated heterocycles. The summed E-state index contributed by atoms with van der Waals surface area (Å²) in [6, 6.07) is 0.304. The Kier molecular flexibility index (Phi) is 3.63. The van der Waals surface area contributed by atoms with Gasteiger partial charge in [0.2, 0.25) is 0 Å². The molecule has 0 aromatic carbocycles. The van der Waals surface area contributed by atoms with E-state index in [9.17, 15) is 0 Å². The molecule has 2 N–H and O–H groups in total. The number of hydrogen-bond acceptors (Lipinski definition) is 4. The predicted molar refractivity (Wildman–Crippen MR) is 69.5 cm³/mol. The first-order valence-corrected chi connectivity index (χ1v) is 6.92. The summed E-state index contributed by atoms with van der Waals surface area (Å²) in [5, 5.41) is 0.